The number of nitrogens with zero attached hydrogens (tertiary/aromatic N) is 2. The SMILES string of the molecule is COC(=O)c1nc(C)cc(-c2ccc(Br)cc2)n1. The van der Waals surface area contributed by atoms with Crippen molar-refractivity contribution in [3.05, 3.63) is 46.3 Å². The Hall–Kier alpha value is -1.75. The third-order valence-electron chi connectivity index (χ3n) is 2.36. The third-order valence-corrected chi connectivity index (χ3v) is 2.89. The number of methoxy groups -OCH3 is 1. The van der Waals surface area contributed by atoms with E-state index < -0.39 is 5.97 Å². The van der Waals surface area contributed by atoms with Gasteiger partial charge in [-0.2, -0.15) is 0 Å². The highest BCUT2D eigenvalue weighted by Crippen LogP contribution is 2.20. The Bertz CT molecular complexity index is 582. The van der Waals surface area contributed by atoms with Crippen LogP contribution in [-0.4, -0.2) is 23.0 Å². The van der Waals surface area contributed by atoms with Gasteiger partial charge >= 0.3 is 5.97 Å². The molecule has 5 heteroatoms. The molecular formula is C13H11BrN2O2. The number of hydrogen-bond donors (Lipinski definition) is 0. The summed E-state index contributed by atoms with van der Waals surface area (Å²) in [5, 5.41) is 0. The Morgan fingerprint density at radius 1 is 1.22 bits per heavy atom. The first-order valence-electron chi connectivity index (χ1n) is 5.30. The highest BCUT2D eigenvalue weighted by Gasteiger charge is 2.12. The molecule has 1 aromatic carbocycles. The molecule has 1 aromatic heterocycles. The highest BCUT2D eigenvalue weighted by atomic mass is 79.9. The summed E-state index contributed by atoms with van der Waals surface area (Å²) in [4.78, 5) is 19.7. The molecule has 0 atom stereocenters. The molecule has 0 aliphatic heterocycles. The van der Waals surface area contributed by atoms with Gasteiger partial charge in [0.05, 0.1) is 12.8 Å². The minimum Gasteiger partial charge on any atom is -0.463 e. The average molecular weight is 307 g/mol. The van der Waals surface area contributed by atoms with E-state index in [4.69, 9.17) is 0 Å². The smallest absolute Gasteiger partial charge is 0.376 e. The quantitative estimate of drug-likeness (QED) is 0.800. The lowest BCUT2D eigenvalue weighted by molar-refractivity contribution is 0.0586. The van der Waals surface area contributed by atoms with Crippen molar-refractivity contribution in [1.29, 1.82) is 0 Å². The zero-order valence-corrected chi connectivity index (χ0v) is 11.6. The van der Waals surface area contributed by atoms with E-state index in [0.717, 1.165) is 15.7 Å². The number of carbonyl (C=O) groups excluding carboxylic acids is 1. The summed E-state index contributed by atoms with van der Waals surface area (Å²) in [6.07, 6.45) is 0. The van der Waals surface area contributed by atoms with E-state index in [0.29, 0.717) is 5.69 Å². The summed E-state index contributed by atoms with van der Waals surface area (Å²) in [5.41, 5.74) is 2.35. The number of ether oxygens (including phenoxy) is 1. The van der Waals surface area contributed by atoms with Crippen molar-refractivity contribution in [2.24, 2.45) is 0 Å². The van der Waals surface area contributed by atoms with Crippen molar-refractivity contribution in [1.82, 2.24) is 9.97 Å². The van der Waals surface area contributed by atoms with Gasteiger partial charge in [0.25, 0.3) is 0 Å². The molecule has 4 nitrogen and oxygen atoms in total. The van der Waals surface area contributed by atoms with Crippen molar-refractivity contribution in [2.45, 2.75) is 6.92 Å². The largest absolute Gasteiger partial charge is 0.463 e. The van der Waals surface area contributed by atoms with E-state index in [1.54, 1.807) is 0 Å². The van der Waals surface area contributed by atoms with E-state index in [9.17, 15) is 4.79 Å². The van der Waals surface area contributed by atoms with Crippen LogP contribution in [0.15, 0.2) is 34.8 Å². The Labute approximate surface area is 113 Å². The Kier molecular flexibility index (Phi) is 3.72. The van der Waals surface area contributed by atoms with Gasteiger partial charge < -0.3 is 4.74 Å². The molecule has 0 N–H and O–H groups in total. The third kappa shape index (κ3) is 2.73. The van der Waals surface area contributed by atoms with Crippen molar-refractivity contribution in [2.75, 3.05) is 7.11 Å². The Balaban J connectivity index is 2.48. The molecule has 0 fully saturated rings. The van der Waals surface area contributed by atoms with Crippen LogP contribution in [0.1, 0.15) is 16.3 Å². The van der Waals surface area contributed by atoms with Crippen LogP contribution in [0.3, 0.4) is 0 Å². The van der Waals surface area contributed by atoms with E-state index in [1.165, 1.54) is 7.11 Å². The molecular weight excluding hydrogens is 296 g/mol. The van der Waals surface area contributed by atoms with Gasteiger partial charge in [0.1, 0.15) is 0 Å². The van der Waals surface area contributed by atoms with Crippen molar-refractivity contribution in [3.63, 3.8) is 0 Å². The molecule has 2 aromatic rings. The van der Waals surface area contributed by atoms with Gasteiger partial charge in [-0.3, -0.25) is 0 Å². The average Bonchev–Trinajstić information content (AvgIpc) is 2.38. The van der Waals surface area contributed by atoms with Gasteiger partial charge in [0.15, 0.2) is 0 Å². The number of benzene rings is 1. The van der Waals surface area contributed by atoms with Crippen LogP contribution >= 0.6 is 15.9 Å². The summed E-state index contributed by atoms with van der Waals surface area (Å²) >= 11 is 3.37. The second-order valence-electron chi connectivity index (χ2n) is 3.72. The lowest BCUT2D eigenvalue weighted by atomic mass is 10.1. The maximum absolute atomic E-state index is 11.4. The standard InChI is InChI=1S/C13H11BrN2O2/c1-8-7-11(9-3-5-10(14)6-4-9)16-12(15-8)13(17)18-2/h3-7H,1-2H3. The molecule has 0 saturated carbocycles. The molecule has 0 unspecified atom stereocenters. The van der Waals surface area contributed by atoms with Crippen molar-refractivity contribution >= 4 is 21.9 Å². The molecule has 0 amide bonds. The molecule has 92 valence electrons. The molecule has 0 bridgehead atoms. The fraction of sp³-hybridized carbons (Fsp3) is 0.154. The van der Waals surface area contributed by atoms with Crippen LogP contribution in [0.4, 0.5) is 0 Å². The number of aryl methyl sites for hydroxylation is 1. The normalized spacial score (nSPS) is 10.2. The number of esters is 1. The maximum atomic E-state index is 11.4. The van der Waals surface area contributed by atoms with Gasteiger partial charge in [0, 0.05) is 15.7 Å². The number of aromatic nitrogens is 2. The molecule has 0 aliphatic carbocycles. The lowest BCUT2D eigenvalue weighted by Gasteiger charge is -2.05. The molecule has 0 aliphatic rings. The van der Waals surface area contributed by atoms with Gasteiger partial charge in [-0.25, -0.2) is 14.8 Å². The number of carbonyl (C=O) groups is 1. The van der Waals surface area contributed by atoms with E-state index in [-0.39, 0.29) is 5.82 Å². The molecule has 18 heavy (non-hydrogen) atoms. The zero-order valence-electron chi connectivity index (χ0n) is 9.98. The van der Waals surface area contributed by atoms with E-state index >= 15 is 0 Å². The lowest BCUT2D eigenvalue weighted by Crippen LogP contribution is -2.09. The Morgan fingerprint density at radius 3 is 2.50 bits per heavy atom. The number of hydrogen-bond acceptors (Lipinski definition) is 4. The second-order valence-corrected chi connectivity index (χ2v) is 4.63. The minimum atomic E-state index is -0.530. The molecule has 2 rings (SSSR count). The first-order chi connectivity index (χ1) is 8.60. The molecule has 1 heterocycles. The fourth-order valence-corrected chi connectivity index (χ4v) is 1.78. The maximum Gasteiger partial charge on any atom is 0.376 e. The van der Waals surface area contributed by atoms with Crippen LogP contribution in [-0.2, 0) is 4.74 Å². The molecule has 0 radical (unpaired) electrons. The van der Waals surface area contributed by atoms with Crippen molar-refractivity contribution in [3.8, 4) is 11.3 Å². The van der Waals surface area contributed by atoms with Crippen LogP contribution in [0.25, 0.3) is 11.3 Å². The van der Waals surface area contributed by atoms with Gasteiger partial charge in [-0.1, -0.05) is 28.1 Å². The monoisotopic (exact) mass is 306 g/mol. The molecule has 0 saturated heterocycles. The second kappa shape index (κ2) is 5.27. The number of halogens is 1. The Morgan fingerprint density at radius 2 is 1.89 bits per heavy atom. The topological polar surface area (TPSA) is 52.1 Å². The van der Waals surface area contributed by atoms with Gasteiger partial charge in [0.2, 0.25) is 5.82 Å². The van der Waals surface area contributed by atoms with Crippen LogP contribution in [0.2, 0.25) is 0 Å². The van der Waals surface area contributed by atoms with Crippen LogP contribution < -0.4 is 0 Å². The summed E-state index contributed by atoms with van der Waals surface area (Å²) in [5.74, 6) is -0.451. The molecule has 0 spiro atoms. The summed E-state index contributed by atoms with van der Waals surface area (Å²) < 4.78 is 5.62. The first kappa shape index (κ1) is 12.7. The van der Waals surface area contributed by atoms with Crippen LogP contribution in [0, 0.1) is 6.92 Å². The van der Waals surface area contributed by atoms with Crippen LogP contribution in [0.5, 0.6) is 0 Å². The predicted molar refractivity (Wildman–Crippen MR) is 71.2 cm³/mol. The summed E-state index contributed by atoms with van der Waals surface area (Å²) in [6.45, 7) is 1.82. The number of rotatable bonds is 2. The van der Waals surface area contributed by atoms with Gasteiger partial charge in [-0.15, -0.1) is 0 Å². The predicted octanol–water partition coefficient (Wildman–Crippen LogP) is 3.00. The summed E-state index contributed by atoms with van der Waals surface area (Å²) in [7, 11) is 1.31. The van der Waals surface area contributed by atoms with E-state index in [2.05, 4.69) is 30.6 Å². The summed E-state index contributed by atoms with van der Waals surface area (Å²) in [6, 6.07) is 9.52. The zero-order chi connectivity index (χ0) is 13.1. The minimum absolute atomic E-state index is 0.0791. The van der Waals surface area contributed by atoms with Crippen molar-refractivity contribution < 1.29 is 9.53 Å². The highest BCUT2D eigenvalue weighted by molar-refractivity contribution is 9.10. The van der Waals surface area contributed by atoms with Gasteiger partial charge in [-0.05, 0) is 25.1 Å². The first-order valence-corrected chi connectivity index (χ1v) is 6.09. The van der Waals surface area contributed by atoms with E-state index in [1.807, 2.05) is 37.3 Å². The fourth-order valence-electron chi connectivity index (χ4n) is 1.52.